The summed E-state index contributed by atoms with van der Waals surface area (Å²) >= 11 is 6.59. The number of carbonyl (C=O) groups excluding carboxylic acids is 1. The van der Waals surface area contributed by atoms with E-state index >= 15 is 8.78 Å². The summed E-state index contributed by atoms with van der Waals surface area (Å²) in [4.78, 5) is 21.4. The van der Waals surface area contributed by atoms with Gasteiger partial charge in [0.05, 0.1) is 27.9 Å². The lowest BCUT2D eigenvalue weighted by Crippen LogP contribution is -2.37. The van der Waals surface area contributed by atoms with E-state index < -0.39 is 81.5 Å². The number of nitrogens with one attached hydrogen (secondary N) is 2. The van der Waals surface area contributed by atoms with Crippen LogP contribution in [0.3, 0.4) is 0 Å². The second kappa shape index (κ2) is 12.0. The molecule has 4 atom stereocenters. The predicted octanol–water partition coefficient (Wildman–Crippen LogP) is 6.82. The Balaban J connectivity index is 1.43. The molecule has 4 heterocycles. The van der Waals surface area contributed by atoms with Gasteiger partial charge in [0.2, 0.25) is 15.9 Å². The van der Waals surface area contributed by atoms with Crippen molar-refractivity contribution < 1.29 is 39.6 Å². The average molecular weight is 777 g/mol. The first-order valence-corrected chi connectivity index (χ1v) is 18.4. The maximum atomic E-state index is 16.0. The fourth-order valence-corrected chi connectivity index (χ4v) is 8.52. The van der Waals surface area contributed by atoms with Crippen LogP contribution in [0.25, 0.3) is 33.1 Å². The number of nitrogens with two attached hydrogens (primary N) is 1. The van der Waals surface area contributed by atoms with Gasteiger partial charge in [0.15, 0.2) is 5.82 Å². The minimum atomic E-state index is -3.84. The molecule has 4 N–H and O–H groups in total. The van der Waals surface area contributed by atoms with E-state index in [-0.39, 0.29) is 56.2 Å². The Bertz CT molecular complexity index is 2600. The third-order valence-electron chi connectivity index (χ3n) is 9.86. The van der Waals surface area contributed by atoms with Crippen LogP contribution in [0.15, 0.2) is 48.7 Å². The van der Waals surface area contributed by atoms with Gasteiger partial charge in [-0.2, -0.15) is 19.0 Å². The van der Waals surface area contributed by atoms with Crippen molar-refractivity contribution in [1.82, 2.24) is 29.5 Å². The van der Waals surface area contributed by atoms with Gasteiger partial charge in [-0.3, -0.25) is 14.2 Å². The minimum absolute atomic E-state index is 0.0230. The number of hydrogen-bond acceptors (Lipinski definition) is 6. The molecule has 2 aliphatic carbocycles. The number of aryl methyl sites for hydroxylation is 1. The number of benzene rings is 2. The van der Waals surface area contributed by atoms with Crippen molar-refractivity contribution in [3.05, 3.63) is 93.5 Å². The molecule has 11 nitrogen and oxygen atoms in total. The predicted molar refractivity (Wildman–Crippen MR) is 182 cm³/mol. The Morgan fingerprint density at radius 1 is 1.09 bits per heavy atom. The van der Waals surface area contributed by atoms with Gasteiger partial charge < -0.3 is 10.7 Å². The number of aromatic amines is 1. The Hall–Kier alpha value is -5.10. The first-order chi connectivity index (χ1) is 24.9. The molecule has 1 fully saturated rings. The number of hydrogen-bond donors (Lipinski definition) is 3. The lowest BCUT2D eigenvalue weighted by atomic mass is 9.84. The number of anilines is 1. The number of fused-ring (bicyclic) bond motifs is 5. The molecule has 0 radical (unpaired) electrons. The quantitative estimate of drug-likeness (QED) is 0.130. The van der Waals surface area contributed by atoms with E-state index in [1.54, 1.807) is 24.4 Å². The van der Waals surface area contributed by atoms with Crippen molar-refractivity contribution in [2.75, 3.05) is 11.0 Å². The zero-order chi connectivity index (χ0) is 37.9. The summed E-state index contributed by atoms with van der Waals surface area (Å²) in [5.41, 5.74) is 4.90. The second-order valence-corrected chi connectivity index (χ2v) is 15.6. The monoisotopic (exact) mass is 776 g/mol. The molecule has 1 unspecified atom stereocenters. The largest absolute Gasteiger partial charge is 0.368 e. The van der Waals surface area contributed by atoms with Crippen LogP contribution >= 0.6 is 11.6 Å². The number of alkyl halides is 4. The molecule has 53 heavy (non-hydrogen) atoms. The molecule has 2 aliphatic rings. The zero-order valence-electron chi connectivity index (χ0n) is 27.5. The molecule has 2 aromatic carbocycles. The van der Waals surface area contributed by atoms with E-state index in [1.807, 2.05) is 0 Å². The van der Waals surface area contributed by atoms with E-state index in [4.69, 9.17) is 22.3 Å². The van der Waals surface area contributed by atoms with Gasteiger partial charge in [0.1, 0.15) is 34.7 Å². The lowest BCUT2D eigenvalue weighted by Gasteiger charge is -2.29. The van der Waals surface area contributed by atoms with Crippen LogP contribution in [0, 0.1) is 17.6 Å². The maximum Gasteiger partial charge on any atom is 0.293 e. The third-order valence-corrected chi connectivity index (χ3v) is 10.7. The molecule has 0 saturated heterocycles. The van der Waals surface area contributed by atoms with Crippen LogP contribution in [0.2, 0.25) is 5.02 Å². The van der Waals surface area contributed by atoms with Crippen molar-refractivity contribution in [3.8, 4) is 11.1 Å². The number of carbonyl (C=O) groups is 1. The Kier molecular flexibility index (Phi) is 7.89. The van der Waals surface area contributed by atoms with Crippen molar-refractivity contribution in [2.45, 2.75) is 43.1 Å². The van der Waals surface area contributed by atoms with Gasteiger partial charge in [-0.05, 0) is 54.7 Å². The normalized spacial score (nSPS) is 18.8. The summed E-state index contributed by atoms with van der Waals surface area (Å²) in [7, 11) is -2.33. The summed E-state index contributed by atoms with van der Waals surface area (Å²) in [5.74, 6) is -10.6. The first-order valence-electron chi connectivity index (χ1n) is 16.1. The van der Waals surface area contributed by atoms with Gasteiger partial charge in [0, 0.05) is 53.2 Å². The number of primary amides is 1. The summed E-state index contributed by atoms with van der Waals surface area (Å²) in [6.07, 6.45) is -1.29. The molecule has 0 spiro atoms. The van der Waals surface area contributed by atoms with Gasteiger partial charge in [0.25, 0.3) is 12.3 Å². The van der Waals surface area contributed by atoms with Crippen LogP contribution in [-0.2, 0) is 34.2 Å². The summed E-state index contributed by atoms with van der Waals surface area (Å²) < 4.78 is 119. The number of amides is 1. The van der Waals surface area contributed by atoms with Crippen molar-refractivity contribution in [3.63, 3.8) is 0 Å². The van der Waals surface area contributed by atoms with Crippen LogP contribution in [0.5, 0.6) is 0 Å². The number of aromatic nitrogens is 6. The molecule has 6 aromatic rings. The standard InChI is InChI=1S/C34H27ClF6N8O3S/c1-48-27-17(3-4-22(35)24(27)33(46-48)47-53(2,51)52)18-10-14-5-6-43-32(14)44-25(18)20(9-13-7-15(36)11-16(37)8-13)28(31(42)50)49-29-23(26(45-49)30(38)39)19-12-21(19)34(29,40)41/h3-8,10-11,19-21,28,30H,9,12H2,1-2H3,(H2,42,50)(H,43,44)(H,46,47)/t19-,20-,21+,28?/m0/s1. The number of nitrogens with zero attached hydrogens (tertiary/aromatic N) is 5. The van der Waals surface area contributed by atoms with Crippen molar-refractivity contribution in [2.24, 2.45) is 18.7 Å². The van der Waals surface area contributed by atoms with Gasteiger partial charge in [-0.1, -0.05) is 17.7 Å². The second-order valence-electron chi connectivity index (χ2n) is 13.4. The summed E-state index contributed by atoms with van der Waals surface area (Å²) in [6.45, 7) is 0. The number of H-pyrrole nitrogens is 1. The number of halogens is 7. The Labute approximate surface area is 301 Å². The minimum Gasteiger partial charge on any atom is -0.368 e. The SMILES string of the molecule is Cn1nc(NS(C)(=O)=O)c2c(Cl)ccc(-c3cc4cc[nH]c4nc3[C@H](Cc3cc(F)cc(F)c3)C(C(N)=O)n3nc(C(F)F)c4c3C(F)(F)[C@@H]3C[C@H]43)c21. The molecule has 8 rings (SSSR count). The van der Waals surface area contributed by atoms with Gasteiger partial charge in [-0.15, -0.1) is 0 Å². The van der Waals surface area contributed by atoms with Crippen LogP contribution < -0.4 is 10.5 Å². The highest BCUT2D eigenvalue weighted by molar-refractivity contribution is 7.92. The Morgan fingerprint density at radius 2 is 1.81 bits per heavy atom. The van der Waals surface area contributed by atoms with Crippen LogP contribution in [0.1, 0.15) is 58.9 Å². The molecule has 1 saturated carbocycles. The topological polar surface area (TPSA) is 154 Å². The molecule has 1 amide bonds. The fraction of sp³-hybridized carbons (Fsp3) is 0.294. The molecule has 0 aliphatic heterocycles. The van der Waals surface area contributed by atoms with Gasteiger partial charge >= 0.3 is 0 Å². The maximum absolute atomic E-state index is 16.0. The first kappa shape index (κ1) is 35.0. The Morgan fingerprint density at radius 3 is 2.47 bits per heavy atom. The fourth-order valence-electron chi connectivity index (χ4n) is 7.78. The number of sulfonamides is 1. The van der Waals surface area contributed by atoms with E-state index in [2.05, 4.69) is 19.9 Å². The molecular weight excluding hydrogens is 750 g/mol. The van der Waals surface area contributed by atoms with E-state index in [9.17, 15) is 30.8 Å². The zero-order valence-corrected chi connectivity index (χ0v) is 29.1. The summed E-state index contributed by atoms with van der Waals surface area (Å²) in [5, 5.41) is 9.06. The summed E-state index contributed by atoms with van der Waals surface area (Å²) in [6, 6.07) is 6.98. The van der Waals surface area contributed by atoms with Crippen molar-refractivity contribution >= 4 is 55.3 Å². The number of pyridine rings is 1. The molecular formula is C34H27ClF6N8O3S. The van der Waals surface area contributed by atoms with E-state index in [0.29, 0.717) is 21.7 Å². The van der Waals surface area contributed by atoms with Crippen LogP contribution in [0.4, 0.5) is 32.2 Å². The van der Waals surface area contributed by atoms with E-state index in [0.717, 1.165) is 18.4 Å². The highest BCUT2D eigenvalue weighted by Gasteiger charge is 2.67. The highest BCUT2D eigenvalue weighted by atomic mass is 35.5. The highest BCUT2D eigenvalue weighted by Crippen LogP contribution is 2.68. The smallest absolute Gasteiger partial charge is 0.293 e. The van der Waals surface area contributed by atoms with E-state index in [1.165, 1.54) is 17.8 Å². The third kappa shape index (κ3) is 5.69. The molecule has 19 heteroatoms. The molecule has 0 bridgehead atoms. The molecule has 276 valence electrons. The average Bonchev–Trinajstić information content (AvgIpc) is 3.28. The van der Waals surface area contributed by atoms with Gasteiger partial charge in [-0.25, -0.2) is 35.6 Å². The van der Waals surface area contributed by atoms with Crippen molar-refractivity contribution in [1.29, 1.82) is 0 Å². The van der Waals surface area contributed by atoms with Crippen LogP contribution in [-0.4, -0.2) is 50.1 Å². The lowest BCUT2D eigenvalue weighted by molar-refractivity contribution is -0.122. The molecule has 4 aromatic heterocycles. The number of rotatable bonds is 10.